The average molecular weight is 332 g/mol. The molecule has 0 aliphatic rings. The Morgan fingerprint density at radius 3 is 2.30 bits per heavy atom. The summed E-state index contributed by atoms with van der Waals surface area (Å²) in [6.07, 6.45) is -5.41. The van der Waals surface area contributed by atoms with Crippen molar-refractivity contribution in [1.29, 1.82) is 0 Å². The number of hydrogen-bond acceptors (Lipinski definition) is 3. The highest BCUT2D eigenvalue weighted by Gasteiger charge is 2.30. The van der Waals surface area contributed by atoms with Crippen LogP contribution in [0.2, 0.25) is 0 Å². The van der Waals surface area contributed by atoms with Crippen molar-refractivity contribution in [3.63, 3.8) is 0 Å². The fraction of sp³-hybridized carbons (Fsp3) is 0.467. The van der Waals surface area contributed by atoms with Gasteiger partial charge in [0.15, 0.2) is 0 Å². The lowest BCUT2D eigenvalue weighted by molar-refractivity contribution is -0.137. The number of aliphatic hydroxyl groups excluding tert-OH is 1. The van der Waals surface area contributed by atoms with E-state index in [0.717, 1.165) is 18.2 Å². The van der Waals surface area contributed by atoms with Crippen molar-refractivity contribution < 1.29 is 27.9 Å². The first-order valence-electron chi connectivity index (χ1n) is 6.86. The van der Waals surface area contributed by atoms with Crippen LogP contribution in [0.1, 0.15) is 26.3 Å². The third-order valence-corrected chi connectivity index (χ3v) is 3.11. The maximum atomic E-state index is 12.6. The minimum atomic E-state index is -4.54. The molecule has 128 valence electrons. The maximum absolute atomic E-state index is 12.6. The van der Waals surface area contributed by atoms with E-state index in [1.807, 2.05) is 0 Å². The molecule has 2 amide bonds. The molecule has 3 N–H and O–H groups in total. The Bertz CT molecular complexity index is 580. The lowest BCUT2D eigenvalue weighted by atomic mass is 9.89. The predicted octanol–water partition coefficient (Wildman–Crippen LogP) is 2.17. The molecule has 0 saturated heterocycles. The highest BCUT2D eigenvalue weighted by atomic mass is 19.4. The zero-order chi connectivity index (χ0) is 17.8. The number of carbonyl (C=O) groups is 2. The number of hydrogen-bond donors (Lipinski definition) is 3. The largest absolute Gasteiger partial charge is 0.416 e. The van der Waals surface area contributed by atoms with Crippen LogP contribution in [-0.4, -0.2) is 29.6 Å². The van der Waals surface area contributed by atoms with Gasteiger partial charge in [0.05, 0.1) is 11.7 Å². The summed E-state index contributed by atoms with van der Waals surface area (Å²) in [4.78, 5) is 23.3. The molecule has 23 heavy (non-hydrogen) atoms. The van der Waals surface area contributed by atoms with Crippen LogP contribution in [0.4, 0.5) is 18.9 Å². The van der Waals surface area contributed by atoms with Gasteiger partial charge in [-0.3, -0.25) is 9.59 Å². The van der Waals surface area contributed by atoms with E-state index in [1.54, 1.807) is 20.8 Å². The molecule has 1 unspecified atom stereocenters. The van der Waals surface area contributed by atoms with Crippen LogP contribution in [0.25, 0.3) is 0 Å². The maximum Gasteiger partial charge on any atom is 0.416 e. The highest BCUT2D eigenvalue weighted by Crippen LogP contribution is 2.30. The Kier molecular flexibility index (Phi) is 5.76. The number of carbonyl (C=O) groups excluding carboxylic acids is 2. The Balaban J connectivity index is 2.64. The van der Waals surface area contributed by atoms with Crippen LogP contribution in [0.15, 0.2) is 24.3 Å². The Morgan fingerprint density at radius 1 is 1.17 bits per heavy atom. The minimum absolute atomic E-state index is 0.141. The number of anilines is 1. The number of benzene rings is 1. The summed E-state index contributed by atoms with van der Waals surface area (Å²) < 4.78 is 37.7. The van der Waals surface area contributed by atoms with Gasteiger partial charge in [-0.25, -0.2) is 0 Å². The number of halogens is 3. The molecule has 1 aromatic rings. The van der Waals surface area contributed by atoms with E-state index in [1.165, 1.54) is 6.07 Å². The number of aliphatic hydroxyl groups is 1. The molecular formula is C15H19F3N2O3. The monoisotopic (exact) mass is 332 g/mol. The Labute approximate surface area is 131 Å². The lowest BCUT2D eigenvalue weighted by Gasteiger charge is -2.25. The van der Waals surface area contributed by atoms with E-state index in [2.05, 4.69) is 10.6 Å². The van der Waals surface area contributed by atoms with Crippen molar-refractivity contribution in [3.05, 3.63) is 29.8 Å². The first-order valence-corrected chi connectivity index (χ1v) is 6.86. The van der Waals surface area contributed by atoms with Crippen molar-refractivity contribution in [2.24, 2.45) is 5.41 Å². The second-order valence-electron chi connectivity index (χ2n) is 6.12. The van der Waals surface area contributed by atoms with Gasteiger partial charge in [-0.15, -0.1) is 0 Å². The summed E-state index contributed by atoms with van der Waals surface area (Å²) in [5.41, 5.74) is -1.56. The average Bonchev–Trinajstić information content (AvgIpc) is 2.42. The third kappa shape index (κ3) is 5.90. The summed E-state index contributed by atoms with van der Waals surface area (Å²) >= 11 is 0. The Hall–Kier alpha value is -2.09. The first-order chi connectivity index (χ1) is 10.4. The van der Waals surface area contributed by atoms with Crippen LogP contribution < -0.4 is 10.6 Å². The number of nitrogens with one attached hydrogen (secondary N) is 2. The molecule has 0 aliphatic carbocycles. The fourth-order valence-corrected chi connectivity index (χ4v) is 1.54. The first kappa shape index (κ1) is 19.0. The van der Waals surface area contributed by atoms with Gasteiger partial charge in [0.2, 0.25) is 0 Å². The SMILES string of the molecule is CC(C)(C)C(O)CNC(=O)C(=O)Nc1cccc(C(F)(F)F)c1. The molecule has 1 rings (SSSR count). The lowest BCUT2D eigenvalue weighted by Crippen LogP contribution is -2.43. The van der Waals surface area contributed by atoms with Crippen LogP contribution in [0.5, 0.6) is 0 Å². The standard InChI is InChI=1S/C15H19F3N2O3/c1-14(2,3)11(21)8-19-12(22)13(23)20-10-6-4-5-9(7-10)15(16,17)18/h4-7,11,21H,8H2,1-3H3,(H,19,22)(H,20,23). The van der Waals surface area contributed by atoms with Crippen molar-refractivity contribution >= 4 is 17.5 Å². The second-order valence-corrected chi connectivity index (χ2v) is 6.12. The van der Waals surface area contributed by atoms with Crippen LogP contribution in [0, 0.1) is 5.41 Å². The van der Waals surface area contributed by atoms with E-state index in [-0.39, 0.29) is 12.2 Å². The third-order valence-electron chi connectivity index (χ3n) is 3.11. The van der Waals surface area contributed by atoms with Gasteiger partial charge in [-0.2, -0.15) is 13.2 Å². The van der Waals surface area contributed by atoms with Gasteiger partial charge in [0.1, 0.15) is 0 Å². The molecule has 0 saturated carbocycles. The molecule has 0 bridgehead atoms. The van der Waals surface area contributed by atoms with Gasteiger partial charge in [-0.1, -0.05) is 26.8 Å². The molecule has 0 aliphatic heterocycles. The number of amides is 2. The fourth-order valence-electron chi connectivity index (χ4n) is 1.54. The zero-order valence-electron chi connectivity index (χ0n) is 13.0. The molecule has 8 heteroatoms. The van der Waals surface area contributed by atoms with Crippen LogP contribution >= 0.6 is 0 Å². The van der Waals surface area contributed by atoms with Crippen molar-refractivity contribution in [3.8, 4) is 0 Å². The van der Waals surface area contributed by atoms with Crippen molar-refractivity contribution in [2.45, 2.75) is 33.1 Å². The smallest absolute Gasteiger partial charge is 0.391 e. The van der Waals surface area contributed by atoms with E-state index in [0.29, 0.717) is 0 Å². The van der Waals surface area contributed by atoms with Gasteiger partial charge in [0.25, 0.3) is 0 Å². The van der Waals surface area contributed by atoms with E-state index in [4.69, 9.17) is 0 Å². The predicted molar refractivity (Wildman–Crippen MR) is 78.5 cm³/mol. The second kappa shape index (κ2) is 6.99. The topological polar surface area (TPSA) is 78.4 Å². The van der Waals surface area contributed by atoms with E-state index < -0.39 is 35.1 Å². The van der Waals surface area contributed by atoms with Gasteiger partial charge < -0.3 is 15.7 Å². The quantitative estimate of drug-likeness (QED) is 0.742. The van der Waals surface area contributed by atoms with E-state index in [9.17, 15) is 27.9 Å². The minimum Gasteiger partial charge on any atom is -0.391 e. The normalized spacial score (nSPS) is 13.3. The van der Waals surface area contributed by atoms with Gasteiger partial charge >= 0.3 is 18.0 Å². The number of rotatable bonds is 3. The summed E-state index contributed by atoms with van der Waals surface area (Å²) in [5.74, 6) is -2.14. The molecular weight excluding hydrogens is 313 g/mol. The molecule has 0 heterocycles. The van der Waals surface area contributed by atoms with E-state index >= 15 is 0 Å². The van der Waals surface area contributed by atoms with Crippen LogP contribution in [-0.2, 0) is 15.8 Å². The summed E-state index contributed by atoms with van der Waals surface area (Å²) in [6.45, 7) is 5.13. The summed E-state index contributed by atoms with van der Waals surface area (Å²) in [5, 5.41) is 14.1. The van der Waals surface area contributed by atoms with Gasteiger partial charge in [-0.05, 0) is 23.6 Å². The molecule has 0 aromatic heterocycles. The molecule has 0 spiro atoms. The molecule has 5 nitrogen and oxygen atoms in total. The Morgan fingerprint density at radius 2 is 1.78 bits per heavy atom. The zero-order valence-corrected chi connectivity index (χ0v) is 13.0. The summed E-state index contributed by atoms with van der Waals surface area (Å²) in [6, 6.07) is 3.95. The highest BCUT2D eigenvalue weighted by molar-refractivity contribution is 6.39. The van der Waals surface area contributed by atoms with Crippen LogP contribution in [0.3, 0.4) is 0 Å². The van der Waals surface area contributed by atoms with Gasteiger partial charge in [0, 0.05) is 12.2 Å². The molecule has 0 radical (unpaired) electrons. The van der Waals surface area contributed by atoms with Crippen molar-refractivity contribution in [1.82, 2.24) is 5.32 Å². The molecule has 0 fully saturated rings. The summed E-state index contributed by atoms with van der Waals surface area (Å²) in [7, 11) is 0. The molecule has 1 aromatic carbocycles. The van der Waals surface area contributed by atoms with Crippen molar-refractivity contribution in [2.75, 3.05) is 11.9 Å². The molecule has 1 atom stereocenters. The number of alkyl halides is 3.